The predicted octanol–water partition coefficient (Wildman–Crippen LogP) is 3.46. The minimum Gasteiger partial charge on any atom is -0.481 e. The quantitative estimate of drug-likeness (QED) is 0.779. The van der Waals surface area contributed by atoms with Crippen LogP contribution in [0.25, 0.3) is 0 Å². The van der Waals surface area contributed by atoms with Crippen LogP contribution in [0, 0.1) is 11.7 Å². The van der Waals surface area contributed by atoms with Gasteiger partial charge in [0.05, 0.1) is 11.5 Å². The number of carboxylic acids is 1. The standard InChI is InChI=1S/C17H22FNO3S/c1-17(10-3-2-4-14(17)16(21)22)19-15(20)9-11-23-13-7-5-12(18)6-8-13/h5-8,14H,2-4,9-11H2,1H3,(H,19,20)(H,21,22). The van der Waals surface area contributed by atoms with Crippen LogP contribution in [0.3, 0.4) is 0 Å². The SMILES string of the molecule is CC1(NC(=O)CCSc2ccc(F)cc2)CCCCC1C(=O)O. The highest BCUT2D eigenvalue weighted by Crippen LogP contribution is 2.34. The molecule has 23 heavy (non-hydrogen) atoms. The zero-order valence-electron chi connectivity index (χ0n) is 13.2. The molecule has 1 aromatic rings. The molecule has 1 aliphatic carbocycles. The number of amides is 1. The summed E-state index contributed by atoms with van der Waals surface area (Å²) >= 11 is 1.48. The number of hydrogen-bond acceptors (Lipinski definition) is 3. The van der Waals surface area contributed by atoms with Crippen LogP contribution in [-0.4, -0.2) is 28.3 Å². The molecule has 1 aromatic carbocycles. The van der Waals surface area contributed by atoms with Gasteiger partial charge in [0.1, 0.15) is 5.82 Å². The maximum Gasteiger partial charge on any atom is 0.308 e. The molecule has 0 bridgehead atoms. The van der Waals surface area contributed by atoms with Crippen molar-refractivity contribution in [3.8, 4) is 0 Å². The number of thioether (sulfide) groups is 1. The molecule has 0 spiro atoms. The Bertz CT molecular complexity index is 563. The van der Waals surface area contributed by atoms with E-state index in [0.717, 1.165) is 17.7 Å². The lowest BCUT2D eigenvalue weighted by molar-refractivity contribution is -0.146. The average molecular weight is 339 g/mol. The Hall–Kier alpha value is -1.56. The van der Waals surface area contributed by atoms with Crippen LogP contribution >= 0.6 is 11.8 Å². The van der Waals surface area contributed by atoms with Gasteiger partial charge >= 0.3 is 5.97 Å². The molecule has 0 aliphatic heterocycles. The van der Waals surface area contributed by atoms with Crippen LogP contribution in [-0.2, 0) is 9.59 Å². The fourth-order valence-corrected chi connectivity index (χ4v) is 3.90. The molecule has 0 heterocycles. The number of carbonyl (C=O) groups excluding carboxylic acids is 1. The fourth-order valence-electron chi connectivity index (χ4n) is 3.05. The third kappa shape index (κ3) is 4.96. The molecule has 126 valence electrons. The summed E-state index contributed by atoms with van der Waals surface area (Å²) in [6, 6.07) is 6.15. The van der Waals surface area contributed by atoms with Crippen LogP contribution < -0.4 is 5.32 Å². The highest BCUT2D eigenvalue weighted by atomic mass is 32.2. The minimum atomic E-state index is -0.840. The summed E-state index contributed by atoms with van der Waals surface area (Å²) in [4.78, 5) is 24.5. The van der Waals surface area contributed by atoms with E-state index in [0.29, 0.717) is 25.0 Å². The van der Waals surface area contributed by atoms with Gasteiger partial charge in [-0.1, -0.05) is 12.8 Å². The van der Waals surface area contributed by atoms with Gasteiger partial charge in [0.2, 0.25) is 5.91 Å². The van der Waals surface area contributed by atoms with Crippen LogP contribution in [0.5, 0.6) is 0 Å². The first-order chi connectivity index (χ1) is 10.9. The van der Waals surface area contributed by atoms with Gasteiger partial charge in [0.25, 0.3) is 0 Å². The summed E-state index contributed by atoms with van der Waals surface area (Å²) in [5, 5.41) is 12.3. The molecular weight excluding hydrogens is 317 g/mol. The fraction of sp³-hybridized carbons (Fsp3) is 0.529. The molecule has 1 aliphatic rings. The maximum atomic E-state index is 12.8. The van der Waals surface area contributed by atoms with Gasteiger partial charge in [0, 0.05) is 17.1 Å². The second-order valence-corrected chi connectivity index (χ2v) is 7.32. The Morgan fingerprint density at radius 3 is 2.70 bits per heavy atom. The summed E-state index contributed by atoms with van der Waals surface area (Å²) in [7, 11) is 0. The first kappa shape index (κ1) is 17.8. The van der Waals surface area contributed by atoms with Gasteiger partial charge in [-0.15, -0.1) is 11.8 Å². The monoisotopic (exact) mass is 339 g/mol. The molecule has 0 saturated heterocycles. The Morgan fingerprint density at radius 2 is 2.04 bits per heavy atom. The molecule has 6 heteroatoms. The smallest absolute Gasteiger partial charge is 0.308 e. The number of halogens is 1. The lowest BCUT2D eigenvalue weighted by Gasteiger charge is -2.39. The molecule has 2 N–H and O–H groups in total. The normalized spacial score (nSPS) is 24.2. The summed E-state index contributed by atoms with van der Waals surface area (Å²) < 4.78 is 12.8. The van der Waals surface area contributed by atoms with Gasteiger partial charge in [0.15, 0.2) is 0 Å². The van der Waals surface area contributed by atoms with Crippen molar-refractivity contribution in [1.29, 1.82) is 0 Å². The van der Waals surface area contributed by atoms with E-state index >= 15 is 0 Å². The molecule has 0 aromatic heterocycles. The zero-order valence-corrected chi connectivity index (χ0v) is 14.0. The lowest BCUT2D eigenvalue weighted by atomic mass is 9.74. The molecule has 2 atom stereocenters. The third-order valence-electron chi connectivity index (χ3n) is 4.34. The van der Waals surface area contributed by atoms with Crippen molar-refractivity contribution in [1.82, 2.24) is 5.32 Å². The van der Waals surface area contributed by atoms with E-state index in [1.807, 2.05) is 6.92 Å². The van der Waals surface area contributed by atoms with Crippen LogP contribution in [0.1, 0.15) is 39.0 Å². The van der Waals surface area contributed by atoms with Gasteiger partial charge in [-0.25, -0.2) is 4.39 Å². The third-order valence-corrected chi connectivity index (χ3v) is 5.36. The van der Waals surface area contributed by atoms with E-state index in [1.165, 1.54) is 23.9 Å². The first-order valence-electron chi connectivity index (χ1n) is 7.83. The molecule has 1 saturated carbocycles. The van der Waals surface area contributed by atoms with Gasteiger partial charge in [-0.2, -0.15) is 0 Å². The number of carboxylic acid groups (broad SMARTS) is 1. The Morgan fingerprint density at radius 1 is 1.35 bits per heavy atom. The average Bonchev–Trinajstić information content (AvgIpc) is 2.49. The van der Waals surface area contributed by atoms with Crippen LogP contribution in [0.4, 0.5) is 4.39 Å². The number of nitrogens with one attached hydrogen (secondary N) is 1. The van der Waals surface area contributed by atoms with Crippen LogP contribution in [0.15, 0.2) is 29.2 Å². The lowest BCUT2D eigenvalue weighted by Crippen LogP contribution is -2.55. The minimum absolute atomic E-state index is 0.129. The molecule has 2 rings (SSSR count). The second kappa shape index (κ2) is 7.81. The second-order valence-electron chi connectivity index (χ2n) is 6.15. The van der Waals surface area contributed by atoms with E-state index in [9.17, 15) is 19.1 Å². The van der Waals surface area contributed by atoms with E-state index in [4.69, 9.17) is 0 Å². The van der Waals surface area contributed by atoms with Crippen molar-refractivity contribution in [3.63, 3.8) is 0 Å². The van der Waals surface area contributed by atoms with E-state index < -0.39 is 17.4 Å². The van der Waals surface area contributed by atoms with Crippen molar-refractivity contribution < 1.29 is 19.1 Å². The summed E-state index contributed by atoms with van der Waals surface area (Å²) in [5.41, 5.74) is -0.665. The molecular formula is C17H22FNO3S. The Balaban J connectivity index is 1.83. The number of rotatable bonds is 6. The van der Waals surface area contributed by atoms with Crippen molar-refractivity contribution in [3.05, 3.63) is 30.1 Å². The molecule has 1 fully saturated rings. The summed E-state index contributed by atoms with van der Waals surface area (Å²) in [6.07, 6.45) is 3.44. The predicted molar refractivity (Wildman–Crippen MR) is 87.9 cm³/mol. The highest BCUT2D eigenvalue weighted by Gasteiger charge is 2.41. The maximum absolute atomic E-state index is 12.8. The van der Waals surface area contributed by atoms with E-state index in [1.54, 1.807) is 12.1 Å². The van der Waals surface area contributed by atoms with Crippen molar-refractivity contribution in [2.75, 3.05) is 5.75 Å². The number of hydrogen-bond donors (Lipinski definition) is 2. The molecule has 4 nitrogen and oxygen atoms in total. The molecule has 2 unspecified atom stereocenters. The van der Waals surface area contributed by atoms with Crippen molar-refractivity contribution in [2.45, 2.75) is 49.5 Å². The summed E-state index contributed by atoms with van der Waals surface area (Å²) in [5.74, 6) is -1.20. The van der Waals surface area contributed by atoms with Gasteiger partial charge in [-0.3, -0.25) is 9.59 Å². The number of aliphatic carboxylic acids is 1. The van der Waals surface area contributed by atoms with E-state index in [-0.39, 0.29) is 11.7 Å². The topological polar surface area (TPSA) is 66.4 Å². The van der Waals surface area contributed by atoms with Gasteiger partial charge < -0.3 is 10.4 Å². The van der Waals surface area contributed by atoms with Crippen LogP contribution in [0.2, 0.25) is 0 Å². The summed E-state index contributed by atoms with van der Waals surface area (Å²) in [6.45, 7) is 1.83. The number of carbonyl (C=O) groups is 2. The largest absolute Gasteiger partial charge is 0.481 e. The Labute approximate surface area is 139 Å². The molecule has 0 radical (unpaired) electrons. The zero-order chi connectivity index (χ0) is 16.9. The van der Waals surface area contributed by atoms with Gasteiger partial charge in [-0.05, 0) is 44.0 Å². The van der Waals surface area contributed by atoms with Crippen molar-refractivity contribution in [2.24, 2.45) is 5.92 Å². The molecule has 1 amide bonds. The van der Waals surface area contributed by atoms with E-state index in [2.05, 4.69) is 5.32 Å². The first-order valence-corrected chi connectivity index (χ1v) is 8.81. The van der Waals surface area contributed by atoms with Crippen molar-refractivity contribution >= 4 is 23.6 Å². The Kier molecular flexibility index (Phi) is 6.04. The highest BCUT2D eigenvalue weighted by molar-refractivity contribution is 7.99. The number of benzene rings is 1.